The average molecular weight is 630 g/mol. The van der Waals surface area contributed by atoms with Gasteiger partial charge in [-0.05, 0) is 50.2 Å². The third kappa shape index (κ3) is 4.94. The predicted octanol–water partition coefficient (Wildman–Crippen LogP) is 6.01. The summed E-state index contributed by atoms with van der Waals surface area (Å²) < 4.78 is 14.9. The lowest BCUT2D eigenvalue weighted by Gasteiger charge is -2.22. The van der Waals surface area contributed by atoms with Gasteiger partial charge in [-0.1, -0.05) is 51.5 Å². The molecule has 0 amide bonds. The van der Waals surface area contributed by atoms with Crippen LogP contribution in [0.25, 0.3) is 28.7 Å². The highest BCUT2D eigenvalue weighted by molar-refractivity contribution is 9.10. The Morgan fingerprint density at radius 1 is 1.05 bits per heavy atom. The third-order valence-corrected chi connectivity index (χ3v) is 8.18. The molecule has 0 N–H and O–H groups in total. The van der Waals surface area contributed by atoms with Crippen LogP contribution in [0.1, 0.15) is 31.4 Å². The van der Waals surface area contributed by atoms with E-state index in [0.29, 0.717) is 49.2 Å². The molecule has 0 radical (unpaired) electrons. The summed E-state index contributed by atoms with van der Waals surface area (Å²) in [5.74, 6) is 1.67. The van der Waals surface area contributed by atoms with E-state index in [9.17, 15) is 19.7 Å². The molecule has 5 aromatic rings. The van der Waals surface area contributed by atoms with Crippen molar-refractivity contribution >= 4 is 44.8 Å². The van der Waals surface area contributed by atoms with Crippen LogP contribution in [0, 0.1) is 10.1 Å². The Bertz CT molecular complexity index is 2060. The average Bonchev–Trinajstić information content (AvgIpc) is 3.68. The van der Waals surface area contributed by atoms with Gasteiger partial charge in [0.2, 0.25) is 0 Å². The SMILES string of the molecule is CC(=O)C1=C(C)N=c2s/c(=C/c3ccc(-c4cccc([N+](=O)[O-])c4)o3)c(=O)n2[C@H]1c1ccc(-c2ccc(Br)cc2)o1. The number of aromatic nitrogens is 1. The standard InChI is InChI=1S/C30H20BrN3O6S/c1-16-27(17(2)35)28(25-13-12-23(40-25)18-6-8-20(31)9-7-18)33-29(36)26(41-30(33)32-16)15-22-10-11-24(39-22)19-4-3-5-21(14-19)34(37)38/h3-15,28H,1-2H3/b26-15+/t28-/m0/s1. The molecular weight excluding hydrogens is 610 g/mol. The lowest BCUT2D eigenvalue weighted by Crippen LogP contribution is -2.39. The van der Waals surface area contributed by atoms with Gasteiger partial charge in [-0.2, -0.15) is 0 Å². The molecule has 0 unspecified atom stereocenters. The van der Waals surface area contributed by atoms with Crippen molar-refractivity contribution in [1.82, 2.24) is 4.57 Å². The topological polar surface area (TPSA) is 121 Å². The van der Waals surface area contributed by atoms with Crippen molar-refractivity contribution in [2.45, 2.75) is 19.9 Å². The fraction of sp³-hybridized carbons (Fsp3) is 0.100. The number of carbonyl (C=O) groups is 1. The number of allylic oxidation sites excluding steroid dienone is 2. The fourth-order valence-electron chi connectivity index (χ4n) is 4.80. The second kappa shape index (κ2) is 10.4. The van der Waals surface area contributed by atoms with Crippen molar-refractivity contribution in [2.75, 3.05) is 0 Å². The molecule has 9 nitrogen and oxygen atoms in total. The molecule has 2 aromatic carbocycles. The number of Topliss-reactive ketones (excluding diaryl/α,β-unsaturated/α-hetero) is 1. The molecule has 0 spiro atoms. The number of hydrogen-bond acceptors (Lipinski definition) is 8. The van der Waals surface area contributed by atoms with Crippen LogP contribution >= 0.6 is 27.3 Å². The van der Waals surface area contributed by atoms with Gasteiger partial charge in [0.1, 0.15) is 29.1 Å². The van der Waals surface area contributed by atoms with E-state index in [4.69, 9.17) is 8.83 Å². The van der Waals surface area contributed by atoms with E-state index in [2.05, 4.69) is 20.9 Å². The Balaban J connectivity index is 1.43. The van der Waals surface area contributed by atoms with Crippen LogP contribution in [0.15, 0.2) is 107 Å². The van der Waals surface area contributed by atoms with Gasteiger partial charge in [0, 0.05) is 45.1 Å². The number of nitro benzene ring substituents is 1. The number of benzene rings is 2. The molecule has 1 atom stereocenters. The summed E-state index contributed by atoms with van der Waals surface area (Å²) in [5, 5.41) is 11.2. The van der Waals surface area contributed by atoms with Crippen LogP contribution in [-0.2, 0) is 4.79 Å². The fourth-order valence-corrected chi connectivity index (χ4v) is 6.09. The number of hydrogen-bond donors (Lipinski definition) is 0. The third-order valence-electron chi connectivity index (χ3n) is 6.67. The second-order valence-electron chi connectivity index (χ2n) is 9.36. The van der Waals surface area contributed by atoms with Crippen molar-refractivity contribution in [3.8, 4) is 22.6 Å². The van der Waals surface area contributed by atoms with E-state index >= 15 is 0 Å². The van der Waals surface area contributed by atoms with Crippen LogP contribution in [-0.4, -0.2) is 15.3 Å². The van der Waals surface area contributed by atoms with Gasteiger partial charge in [-0.3, -0.25) is 24.3 Å². The van der Waals surface area contributed by atoms with Gasteiger partial charge in [0.15, 0.2) is 10.6 Å². The van der Waals surface area contributed by atoms with Gasteiger partial charge < -0.3 is 8.83 Å². The van der Waals surface area contributed by atoms with E-state index in [1.807, 2.05) is 30.3 Å². The summed E-state index contributed by atoms with van der Waals surface area (Å²) >= 11 is 4.61. The highest BCUT2D eigenvalue weighted by atomic mass is 79.9. The van der Waals surface area contributed by atoms with Crippen LogP contribution in [0.2, 0.25) is 0 Å². The highest BCUT2D eigenvalue weighted by Crippen LogP contribution is 2.34. The zero-order valence-corrected chi connectivity index (χ0v) is 24.1. The molecule has 0 saturated carbocycles. The predicted molar refractivity (Wildman–Crippen MR) is 157 cm³/mol. The number of carbonyl (C=O) groups excluding carboxylic acids is 1. The molecule has 0 saturated heterocycles. The zero-order chi connectivity index (χ0) is 28.8. The molecule has 1 aliphatic heterocycles. The minimum Gasteiger partial charge on any atom is -0.458 e. The van der Waals surface area contributed by atoms with Crippen molar-refractivity contribution in [3.63, 3.8) is 0 Å². The number of halogens is 1. The largest absolute Gasteiger partial charge is 0.458 e. The number of nitro groups is 1. The first-order valence-corrected chi connectivity index (χ1v) is 14.0. The van der Waals surface area contributed by atoms with Gasteiger partial charge in [0.25, 0.3) is 11.2 Å². The summed E-state index contributed by atoms with van der Waals surface area (Å²) in [6, 6.07) is 20.0. The monoisotopic (exact) mass is 629 g/mol. The Morgan fingerprint density at radius 2 is 1.78 bits per heavy atom. The summed E-state index contributed by atoms with van der Waals surface area (Å²) in [6.07, 6.45) is 1.60. The van der Waals surface area contributed by atoms with Crippen LogP contribution in [0.5, 0.6) is 0 Å². The maximum Gasteiger partial charge on any atom is 0.271 e. The Kier molecular flexibility index (Phi) is 6.76. The van der Waals surface area contributed by atoms with E-state index in [1.165, 1.54) is 35.0 Å². The van der Waals surface area contributed by atoms with Crippen molar-refractivity contribution < 1.29 is 18.6 Å². The summed E-state index contributed by atoms with van der Waals surface area (Å²) in [7, 11) is 0. The van der Waals surface area contributed by atoms with E-state index in [0.717, 1.165) is 10.0 Å². The molecule has 0 aliphatic carbocycles. The molecule has 41 heavy (non-hydrogen) atoms. The summed E-state index contributed by atoms with van der Waals surface area (Å²) in [6.45, 7) is 3.20. The molecule has 1 aliphatic rings. The number of furan rings is 2. The maximum absolute atomic E-state index is 13.8. The lowest BCUT2D eigenvalue weighted by atomic mass is 9.98. The maximum atomic E-state index is 13.8. The molecule has 0 bridgehead atoms. The van der Waals surface area contributed by atoms with Crippen LogP contribution in [0.4, 0.5) is 5.69 Å². The van der Waals surface area contributed by atoms with Crippen molar-refractivity contribution in [1.29, 1.82) is 0 Å². The number of rotatable bonds is 6. The van der Waals surface area contributed by atoms with Crippen molar-refractivity contribution in [2.24, 2.45) is 4.99 Å². The van der Waals surface area contributed by atoms with Gasteiger partial charge in [-0.15, -0.1) is 0 Å². The van der Waals surface area contributed by atoms with E-state index < -0.39 is 11.0 Å². The van der Waals surface area contributed by atoms with E-state index in [-0.39, 0.29) is 17.0 Å². The quantitative estimate of drug-likeness (QED) is 0.167. The summed E-state index contributed by atoms with van der Waals surface area (Å²) in [4.78, 5) is 42.3. The first-order chi connectivity index (χ1) is 19.7. The molecule has 0 fully saturated rings. The first-order valence-electron chi connectivity index (χ1n) is 12.4. The minimum absolute atomic E-state index is 0.0494. The molecular formula is C30H20BrN3O6S. The lowest BCUT2D eigenvalue weighted by molar-refractivity contribution is -0.384. The number of thiazole rings is 1. The number of fused-ring (bicyclic) bond motifs is 1. The molecule has 4 heterocycles. The highest BCUT2D eigenvalue weighted by Gasteiger charge is 2.33. The zero-order valence-electron chi connectivity index (χ0n) is 21.7. The Morgan fingerprint density at radius 3 is 2.51 bits per heavy atom. The Labute approximate surface area is 244 Å². The van der Waals surface area contributed by atoms with Gasteiger partial charge in [0.05, 0.1) is 9.46 Å². The van der Waals surface area contributed by atoms with Gasteiger partial charge >= 0.3 is 0 Å². The van der Waals surface area contributed by atoms with Crippen molar-refractivity contribution in [3.05, 3.63) is 130 Å². The smallest absolute Gasteiger partial charge is 0.271 e. The normalized spacial score (nSPS) is 15.1. The number of ketones is 1. The Hall–Kier alpha value is -4.61. The van der Waals surface area contributed by atoms with Gasteiger partial charge in [-0.25, -0.2) is 4.99 Å². The second-order valence-corrected chi connectivity index (χ2v) is 11.3. The van der Waals surface area contributed by atoms with Crippen LogP contribution in [0.3, 0.4) is 0 Å². The molecule has 11 heteroatoms. The molecule has 204 valence electrons. The minimum atomic E-state index is -0.785. The van der Waals surface area contributed by atoms with Crippen LogP contribution < -0.4 is 14.9 Å². The number of non-ortho nitro benzene ring substituents is 1. The number of nitrogens with zero attached hydrogens (tertiary/aromatic N) is 3. The summed E-state index contributed by atoms with van der Waals surface area (Å²) in [5.41, 5.74) is 1.90. The first kappa shape index (κ1) is 26.6. The molecule has 3 aromatic heterocycles. The van der Waals surface area contributed by atoms with E-state index in [1.54, 1.807) is 43.3 Å². The molecule has 6 rings (SSSR count).